The zero-order chi connectivity index (χ0) is 13.1. The summed E-state index contributed by atoms with van der Waals surface area (Å²) in [5.41, 5.74) is 2.59. The minimum atomic E-state index is -4.65. The van der Waals surface area contributed by atoms with E-state index in [4.69, 9.17) is 0 Å². The third kappa shape index (κ3) is 4.76. The summed E-state index contributed by atoms with van der Waals surface area (Å²) in [4.78, 5) is 0. The number of ether oxygens (including phenoxy) is 1. The Morgan fingerprint density at radius 2 is 1.71 bits per heavy atom. The fraction of sp³-hybridized carbons (Fsp3) is 0.231. The molecule has 0 amide bonds. The molecule has 0 fully saturated rings. The largest absolute Gasteiger partial charge is 0.573 e. The minimum Gasteiger partial charge on any atom is -0.406 e. The SMILES string of the molecule is C=C(C=C(C)C)c1ccc(OC(F)(F)F)cc1. The highest BCUT2D eigenvalue weighted by Crippen LogP contribution is 2.24. The zero-order valence-corrected chi connectivity index (χ0v) is 9.64. The lowest BCUT2D eigenvalue weighted by Crippen LogP contribution is -2.16. The molecular formula is C13H13F3O. The van der Waals surface area contributed by atoms with E-state index in [9.17, 15) is 13.2 Å². The van der Waals surface area contributed by atoms with Gasteiger partial charge in [-0.05, 0) is 37.1 Å². The second kappa shape index (κ2) is 5.08. The monoisotopic (exact) mass is 242 g/mol. The summed E-state index contributed by atoms with van der Waals surface area (Å²) in [5, 5.41) is 0. The van der Waals surface area contributed by atoms with Gasteiger partial charge in [0, 0.05) is 0 Å². The second-order valence-electron chi connectivity index (χ2n) is 3.82. The maximum absolute atomic E-state index is 11.9. The molecule has 0 radical (unpaired) electrons. The van der Waals surface area contributed by atoms with E-state index >= 15 is 0 Å². The first kappa shape index (κ1) is 13.4. The normalized spacial score (nSPS) is 10.9. The molecule has 92 valence electrons. The van der Waals surface area contributed by atoms with Crippen molar-refractivity contribution in [1.29, 1.82) is 0 Å². The predicted molar refractivity (Wildman–Crippen MR) is 61.6 cm³/mol. The fourth-order valence-electron chi connectivity index (χ4n) is 1.30. The molecule has 4 heteroatoms. The predicted octanol–water partition coefficient (Wildman–Crippen LogP) is 4.56. The smallest absolute Gasteiger partial charge is 0.406 e. The Balaban J connectivity index is 2.82. The third-order valence-electron chi connectivity index (χ3n) is 1.92. The zero-order valence-electron chi connectivity index (χ0n) is 9.64. The molecule has 1 rings (SSSR count). The molecule has 0 aliphatic rings. The summed E-state index contributed by atoms with van der Waals surface area (Å²) in [5.74, 6) is -0.230. The Labute approximate surface area is 98.2 Å². The van der Waals surface area contributed by atoms with E-state index in [-0.39, 0.29) is 5.75 Å². The van der Waals surface area contributed by atoms with Crippen molar-refractivity contribution in [2.24, 2.45) is 0 Å². The molecule has 0 aliphatic carbocycles. The number of allylic oxidation sites excluding steroid dienone is 3. The molecule has 0 saturated carbocycles. The molecule has 0 bridgehead atoms. The molecule has 0 spiro atoms. The number of halogens is 3. The summed E-state index contributed by atoms with van der Waals surface area (Å²) >= 11 is 0. The molecule has 0 heterocycles. The van der Waals surface area contributed by atoms with Gasteiger partial charge in [-0.1, -0.05) is 30.4 Å². The average molecular weight is 242 g/mol. The summed E-state index contributed by atoms with van der Waals surface area (Å²) in [6.45, 7) is 7.68. The van der Waals surface area contributed by atoms with Crippen molar-refractivity contribution in [3.8, 4) is 5.75 Å². The van der Waals surface area contributed by atoms with Crippen molar-refractivity contribution in [2.75, 3.05) is 0 Å². The van der Waals surface area contributed by atoms with E-state index in [1.807, 2.05) is 19.9 Å². The summed E-state index contributed by atoms with van der Waals surface area (Å²) < 4.78 is 39.5. The van der Waals surface area contributed by atoms with E-state index < -0.39 is 6.36 Å². The molecule has 0 unspecified atom stereocenters. The highest BCUT2D eigenvalue weighted by molar-refractivity contribution is 5.72. The van der Waals surface area contributed by atoms with Crippen LogP contribution in [0.4, 0.5) is 13.2 Å². The van der Waals surface area contributed by atoms with Crippen LogP contribution in [-0.2, 0) is 0 Å². The van der Waals surface area contributed by atoms with Gasteiger partial charge in [0.15, 0.2) is 0 Å². The van der Waals surface area contributed by atoms with E-state index in [1.54, 1.807) is 12.1 Å². The second-order valence-corrected chi connectivity index (χ2v) is 3.82. The Bertz CT molecular complexity index is 423. The van der Waals surface area contributed by atoms with Gasteiger partial charge < -0.3 is 4.74 Å². The first-order valence-corrected chi connectivity index (χ1v) is 4.98. The molecular weight excluding hydrogens is 229 g/mol. The number of hydrogen-bond acceptors (Lipinski definition) is 1. The van der Waals surface area contributed by atoms with Crippen LogP contribution in [0.25, 0.3) is 5.57 Å². The van der Waals surface area contributed by atoms with Crippen molar-refractivity contribution in [2.45, 2.75) is 20.2 Å². The topological polar surface area (TPSA) is 9.23 Å². The highest BCUT2D eigenvalue weighted by Gasteiger charge is 2.30. The van der Waals surface area contributed by atoms with Crippen molar-refractivity contribution < 1.29 is 17.9 Å². The molecule has 1 aromatic rings. The molecule has 17 heavy (non-hydrogen) atoms. The Hall–Kier alpha value is -1.71. The van der Waals surface area contributed by atoms with Gasteiger partial charge in [-0.25, -0.2) is 0 Å². The van der Waals surface area contributed by atoms with Gasteiger partial charge in [0.2, 0.25) is 0 Å². The lowest BCUT2D eigenvalue weighted by Gasteiger charge is -2.09. The number of alkyl halides is 3. The standard InChI is InChI=1S/C13H13F3O/c1-9(2)8-10(3)11-4-6-12(7-5-11)17-13(14,15)16/h4-8H,3H2,1-2H3. The quantitative estimate of drug-likeness (QED) is 0.706. The maximum atomic E-state index is 11.9. The number of hydrogen-bond donors (Lipinski definition) is 0. The lowest BCUT2D eigenvalue weighted by atomic mass is 10.1. The van der Waals surface area contributed by atoms with Gasteiger partial charge in [0.1, 0.15) is 5.75 Å². The third-order valence-corrected chi connectivity index (χ3v) is 1.92. The molecule has 1 aromatic carbocycles. The van der Waals surface area contributed by atoms with Crippen LogP contribution in [0, 0.1) is 0 Å². The summed E-state index contributed by atoms with van der Waals surface area (Å²) in [6.07, 6.45) is -2.79. The van der Waals surface area contributed by atoms with Gasteiger partial charge in [-0.15, -0.1) is 13.2 Å². The summed E-state index contributed by atoms with van der Waals surface area (Å²) in [6, 6.07) is 5.63. The molecule has 0 saturated heterocycles. The van der Waals surface area contributed by atoms with Gasteiger partial charge in [0.25, 0.3) is 0 Å². The van der Waals surface area contributed by atoms with Crippen LogP contribution < -0.4 is 4.74 Å². The molecule has 0 aromatic heterocycles. The van der Waals surface area contributed by atoms with E-state index in [2.05, 4.69) is 11.3 Å². The Morgan fingerprint density at radius 3 is 2.12 bits per heavy atom. The van der Waals surface area contributed by atoms with Gasteiger partial charge in [-0.2, -0.15) is 0 Å². The lowest BCUT2D eigenvalue weighted by molar-refractivity contribution is -0.274. The fourth-order valence-corrected chi connectivity index (χ4v) is 1.30. The number of benzene rings is 1. The highest BCUT2D eigenvalue weighted by atomic mass is 19.4. The van der Waals surface area contributed by atoms with Crippen LogP contribution in [0.2, 0.25) is 0 Å². The van der Waals surface area contributed by atoms with Gasteiger partial charge in [-0.3, -0.25) is 0 Å². The average Bonchev–Trinajstić information content (AvgIpc) is 2.15. The summed E-state index contributed by atoms with van der Waals surface area (Å²) in [7, 11) is 0. The van der Waals surface area contributed by atoms with Crippen LogP contribution in [0.3, 0.4) is 0 Å². The van der Waals surface area contributed by atoms with Gasteiger partial charge >= 0.3 is 6.36 Å². The first-order valence-electron chi connectivity index (χ1n) is 4.98. The maximum Gasteiger partial charge on any atom is 0.573 e. The van der Waals surface area contributed by atoms with E-state index in [0.29, 0.717) is 0 Å². The molecule has 1 nitrogen and oxygen atoms in total. The van der Waals surface area contributed by atoms with Crippen LogP contribution >= 0.6 is 0 Å². The first-order chi connectivity index (χ1) is 7.78. The van der Waals surface area contributed by atoms with Crippen molar-refractivity contribution >= 4 is 5.57 Å². The molecule has 0 N–H and O–H groups in total. The van der Waals surface area contributed by atoms with Crippen LogP contribution in [0.1, 0.15) is 19.4 Å². The number of rotatable bonds is 3. The van der Waals surface area contributed by atoms with Crippen LogP contribution in [0.5, 0.6) is 5.75 Å². The van der Waals surface area contributed by atoms with Crippen LogP contribution in [-0.4, -0.2) is 6.36 Å². The van der Waals surface area contributed by atoms with Crippen molar-refractivity contribution in [1.82, 2.24) is 0 Å². The Morgan fingerprint density at radius 1 is 1.18 bits per heavy atom. The van der Waals surface area contributed by atoms with Gasteiger partial charge in [0.05, 0.1) is 0 Å². The molecule has 0 aliphatic heterocycles. The molecule has 0 atom stereocenters. The van der Waals surface area contributed by atoms with Crippen molar-refractivity contribution in [3.63, 3.8) is 0 Å². The van der Waals surface area contributed by atoms with E-state index in [1.165, 1.54) is 12.1 Å². The Kier molecular flexibility index (Phi) is 3.99. The van der Waals surface area contributed by atoms with Crippen molar-refractivity contribution in [3.05, 3.63) is 48.1 Å². The van der Waals surface area contributed by atoms with Crippen LogP contribution in [0.15, 0.2) is 42.5 Å². The minimum absolute atomic E-state index is 0.230. The van der Waals surface area contributed by atoms with E-state index in [0.717, 1.165) is 16.7 Å².